The predicted molar refractivity (Wildman–Crippen MR) is 123 cm³/mol. The fourth-order valence-corrected chi connectivity index (χ4v) is 5.16. The first-order chi connectivity index (χ1) is 15.6. The van der Waals surface area contributed by atoms with Gasteiger partial charge in [-0.3, -0.25) is 4.79 Å². The zero-order chi connectivity index (χ0) is 25.5. The molecule has 0 spiro atoms. The molecule has 11 nitrogen and oxygen atoms in total. The molecule has 0 bridgehead atoms. The van der Waals surface area contributed by atoms with Gasteiger partial charge in [0.05, 0.1) is 14.7 Å². The van der Waals surface area contributed by atoms with E-state index in [4.69, 9.17) is 21.2 Å². The lowest BCUT2D eigenvalue weighted by Crippen LogP contribution is -2.43. The highest BCUT2D eigenvalue weighted by molar-refractivity contribution is 7.89. The van der Waals surface area contributed by atoms with E-state index in [2.05, 4.69) is 0 Å². The number of nitrogens with two attached hydrogens (primary N) is 4. The number of hydrogen-bond donors (Lipinski definition) is 4. The first-order valence-electron chi connectivity index (χ1n) is 9.28. The zero-order valence-corrected chi connectivity index (χ0v) is 19.8. The second-order valence-corrected chi connectivity index (χ2v) is 12.0. The van der Waals surface area contributed by atoms with Crippen LogP contribution in [0.4, 0.5) is 0 Å². The summed E-state index contributed by atoms with van der Waals surface area (Å²) in [6.45, 7) is 0. The number of primary sulfonamides is 3. The molecule has 0 fully saturated rings. The number of hydrogen-bond acceptors (Lipinski definition) is 7. The Kier molecular flexibility index (Phi) is 6.43. The number of primary amides is 1. The smallest absolute Gasteiger partial charge is 0.238 e. The van der Waals surface area contributed by atoms with Gasteiger partial charge in [0.2, 0.25) is 36.0 Å². The van der Waals surface area contributed by atoms with E-state index in [1.807, 2.05) is 0 Å². The van der Waals surface area contributed by atoms with Crippen LogP contribution in [-0.4, -0.2) is 31.2 Å². The highest BCUT2D eigenvalue weighted by atomic mass is 32.2. The molecule has 0 aliphatic heterocycles. The van der Waals surface area contributed by atoms with Crippen molar-refractivity contribution in [1.29, 1.82) is 0 Å². The van der Waals surface area contributed by atoms with Gasteiger partial charge >= 0.3 is 0 Å². The molecule has 14 heteroatoms. The Hall–Kier alpha value is -3.14. The molecule has 0 radical (unpaired) electrons. The molecule has 3 rings (SSSR count). The van der Waals surface area contributed by atoms with Crippen LogP contribution in [0.15, 0.2) is 87.5 Å². The van der Waals surface area contributed by atoms with E-state index in [1.54, 1.807) is 0 Å². The van der Waals surface area contributed by atoms with E-state index in [1.165, 1.54) is 72.8 Å². The van der Waals surface area contributed by atoms with E-state index >= 15 is 0 Å². The Morgan fingerprint density at radius 3 is 0.853 bits per heavy atom. The second kappa shape index (κ2) is 8.57. The van der Waals surface area contributed by atoms with Crippen LogP contribution in [0.5, 0.6) is 0 Å². The summed E-state index contributed by atoms with van der Waals surface area (Å²) >= 11 is 0. The summed E-state index contributed by atoms with van der Waals surface area (Å²) in [5.41, 5.74) is 4.71. The molecule has 34 heavy (non-hydrogen) atoms. The normalized spacial score (nSPS) is 12.9. The van der Waals surface area contributed by atoms with Crippen molar-refractivity contribution in [2.24, 2.45) is 21.2 Å². The average Bonchev–Trinajstić information content (AvgIpc) is 2.73. The SMILES string of the molecule is NC(=O)C(c1ccc(S(N)(=O)=O)cc1)(c1ccc(S(N)(=O)=O)cc1)c1ccc(S(N)(=O)=O)cc1. The van der Waals surface area contributed by atoms with Gasteiger partial charge in [-0.15, -0.1) is 0 Å². The third-order valence-corrected chi connectivity index (χ3v) is 8.00. The number of carbonyl (C=O) groups excluding carboxylic acids is 1. The molecule has 180 valence electrons. The molecule has 8 N–H and O–H groups in total. The molecule has 0 aliphatic rings. The lowest BCUT2D eigenvalue weighted by Gasteiger charge is -2.33. The minimum Gasteiger partial charge on any atom is -0.368 e. The molecule has 3 aromatic carbocycles. The number of carbonyl (C=O) groups is 1. The third kappa shape index (κ3) is 4.72. The van der Waals surface area contributed by atoms with Crippen molar-refractivity contribution in [2.45, 2.75) is 20.1 Å². The summed E-state index contributed by atoms with van der Waals surface area (Å²) in [5.74, 6) is -0.914. The van der Waals surface area contributed by atoms with Crippen LogP contribution >= 0.6 is 0 Å². The van der Waals surface area contributed by atoms with Crippen molar-refractivity contribution in [3.8, 4) is 0 Å². The Balaban J connectivity index is 2.36. The minimum atomic E-state index is -4.04. The molecule has 0 saturated carbocycles. The standard InChI is InChI=1S/C20H20N4O7S3/c21-19(25)20(13-1-7-16(8-2-13)32(22,26)27,14-3-9-17(10-4-14)33(23,28)29)15-5-11-18(12-6-15)34(24,30)31/h1-12H,(H2,21,25)(H2,22,26,27)(H2,23,28,29)(H2,24,30,31). The fraction of sp³-hybridized carbons (Fsp3) is 0.0500. The molecule has 1 amide bonds. The number of amides is 1. The van der Waals surface area contributed by atoms with Crippen LogP contribution in [0.25, 0.3) is 0 Å². The zero-order valence-electron chi connectivity index (χ0n) is 17.3. The van der Waals surface area contributed by atoms with Gasteiger partial charge in [-0.1, -0.05) is 36.4 Å². The van der Waals surface area contributed by atoms with Gasteiger partial charge in [-0.05, 0) is 53.1 Å². The molecular formula is C20H20N4O7S3. The van der Waals surface area contributed by atoms with Crippen molar-refractivity contribution in [3.05, 3.63) is 89.5 Å². The molecule has 0 heterocycles. The lowest BCUT2D eigenvalue weighted by molar-refractivity contribution is -0.120. The Morgan fingerprint density at radius 1 is 0.500 bits per heavy atom. The predicted octanol–water partition coefficient (Wildman–Crippen LogP) is -0.551. The van der Waals surface area contributed by atoms with Gasteiger partial charge in [-0.25, -0.2) is 40.7 Å². The number of benzene rings is 3. The summed E-state index contributed by atoms with van der Waals surface area (Å²) in [6, 6.07) is 15.0. The molecular weight excluding hydrogens is 504 g/mol. The van der Waals surface area contributed by atoms with Crippen LogP contribution in [-0.2, 0) is 40.3 Å². The molecule has 0 unspecified atom stereocenters. The van der Waals surface area contributed by atoms with Crippen molar-refractivity contribution in [3.63, 3.8) is 0 Å². The summed E-state index contributed by atoms with van der Waals surface area (Å²) in [5, 5.41) is 15.5. The topological polar surface area (TPSA) is 224 Å². The first-order valence-corrected chi connectivity index (χ1v) is 13.9. The summed E-state index contributed by atoms with van der Waals surface area (Å²) in [6.07, 6.45) is 0. The van der Waals surface area contributed by atoms with E-state index in [-0.39, 0.29) is 31.4 Å². The summed E-state index contributed by atoms with van der Waals surface area (Å²) in [4.78, 5) is 12.4. The van der Waals surface area contributed by atoms with Crippen molar-refractivity contribution < 1.29 is 30.0 Å². The highest BCUT2D eigenvalue weighted by Gasteiger charge is 2.42. The van der Waals surface area contributed by atoms with Gasteiger partial charge < -0.3 is 5.73 Å². The molecule has 0 aliphatic carbocycles. The molecule has 3 aromatic rings. The van der Waals surface area contributed by atoms with Crippen molar-refractivity contribution in [2.75, 3.05) is 0 Å². The van der Waals surface area contributed by atoms with E-state index in [9.17, 15) is 30.0 Å². The van der Waals surface area contributed by atoms with Gasteiger partial charge in [0.15, 0.2) is 0 Å². The van der Waals surface area contributed by atoms with Crippen molar-refractivity contribution >= 4 is 36.0 Å². The van der Waals surface area contributed by atoms with Gasteiger partial charge in [0.1, 0.15) is 5.41 Å². The molecule has 0 atom stereocenters. The average molecular weight is 525 g/mol. The van der Waals surface area contributed by atoms with Gasteiger partial charge in [0, 0.05) is 0 Å². The van der Waals surface area contributed by atoms with Crippen LogP contribution in [0.2, 0.25) is 0 Å². The maximum Gasteiger partial charge on any atom is 0.238 e. The third-order valence-electron chi connectivity index (χ3n) is 5.22. The summed E-state index contributed by atoms with van der Waals surface area (Å²) in [7, 11) is -12.1. The quantitative estimate of drug-likeness (QED) is 0.295. The second-order valence-electron chi connectivity index (χ2n) is 7.32. The van der Waals surface area contributed by atoms with E-state index in [0.29, 0.717) is 0 Å². The van der Waals surface area contributed by atoms with Gasteiger partial charge in [-0.2, -0.15) is 0 Å². The lowest BCUT2D eigenvalue weighted by atomic mass is 9.69. The summed E-state index contributed by atoms with van der Waals surface area (Å²) < 4.78 is 70.1. The number of sulfonamides is 3. The van der Waals surface area contributed by atoms with Gasteiger partial charge in [0.25, 0.3) is 0 Å². The van der Waals surface area contributed by atoms with E-state index < -0.39 is 41.4 Å². The Morgan fingerprint density at radius 2 is 0.706 bits per heavy atom. The van der Waals surface area contributed by atoms with E-state index in [0.717, 1.165) is 0 Å². The maximum absolute atomic E-state index is 13.1. The van der Waals surface area contributed by atoms with Crippen molar-refractivity contribution in [1.82, 2.24) is 0 Å². The van der Waals surface area contributed by atoms with Crippen LogP contribution in [0.1, 0.15) is 16.7 Å². The van der Waals surface area contributed by atoms with Crippen LogP contribution < -0.4 is 21.2 Å². The maximum atomic E-state index is 13.1. The Bertz CT molecular complexity index is 1380. The molecule has 0 saturated heterocycles. The Labute approximate surface area is 196 Å². The highest BCUT2D eigenvalue weighted by Crippen LogP contribution is 2.40. The molecule has 0 aromatic heterocycles. The van der Waals surface area contributed by atoms with Crippen LogP contribution in [0, 0.1) is 0 Å². The first kappa shape index (κ1) is 25.5. The van der Waals surface area contributed by atoms with Crippen LogP contribution in [0.3, 0.4) is 0 Å². The monoisotopic (exact) mass is 524 g/mol. The number of rotatable bonds is 7. The minimum absolute atomic E-state index is 0.208. The largest absolute Gasteiger partial charge is 0.368 e. The fourth-order valence-electron chi connectivity index (χ4n) is 3.61.